The molecule has 0 fully saturated rings. The number of hydrogen-bond acceptors (Lipinski definition) is 6. The van der Waals surface area contributed by atoms with Crippen molar-refractivity contribution >= 4 is 0 Å². The van der Waals surface area contributed by atoms with Gasteiger partial charge in [-0.2, -0.15) is 0 Å². The molecule has 0 radical (unpaired) electrons. The fourth-order valence-corrected chi connectivity index (χ4v) is 2.39. The van der Waals surface area contributed by atoms with Gasteiger partial charge in [0.05, 0.1) is 35.2 Å². The number of benzene rings is 1. The lowest BCUT2D eigenvalue weighted by molar-refractivity contribution is 0.580. The van der Waals surface area contributed by atoms with Crippen LogP contribution in [0, 0.1) is 0 Å². The molecule has 2 aromatic heterocycles. The molecule has 0 saturated heterocycles. The van der Waals surface area contributed by atoms with E-state index >= 15 is 0 Å². The Balaban J connectivity index is 0.00000136. The van der Waals surface area contributed by atoms with Gasteiger partial charge in [-0.1, -0.05) is 52.0 Å². The van der Waals surface area contributed by atoms with Gasteiger partial charge < -0.3 is 10.6 Å². The monoisotopic (exact) mass is 384 g/mol. The predicted octanol–water partition coefficient (Wildman–Crippen LogP) is 2.87. The minimum Gasteiger partial charge on any atom is -0.309 e. The van der Waals surface area contributed by atoms with Gasteiger partial charge in [0.15, 0.2) is 0 Å². The highest BCUT2D eigenvalue weighted by Crippen LogP contribution is 2.12. The van der Waals surface area contributed by atoms with E-state index in [2.05, 4.69) is 59.0 Å². The Morgan fingerprint density at radius 3 is 1.39 bits per heavy atom. The molecule has 0 aliphatic carbocycles. The van der Waals surface area contributed by atoms with Gasteiger partial charge in [0, 0.05) is 25.2 Å². The van der Waals surface area contributed by atoms with Gasteiger partial charge in [-0.05, 0) is 24.3 Å². The maximum atomic E-state index is 4.20. The zero-order chi connectivity index (χ0) is 20.5. The second-order valence-corrected chi connectivity index (χ2v) is 6.90. The zero-order valence-corrected chi connectivity index (χ0v) is 17.7. The minimum atomic E-state index is 0.419. The lowest BCUT2D eigenvalue weighted by Crippen LogP contribution is -2.21. The fourth-order valence-electron chi connectivity index (χ4n) is 2.39. The Kier molecular flexibility index (Phi) is 8.28. The van der Waals surface area contributed by atoms with E-state index in [1.807, 2.05) is 50.5 Å². The summed E-state index contributed by atoms with van der Waals surface area (Å²) in [5, 5.41) is 23.5. The average Bonchev–Trinajstić information content (AvgIpc) is 3.36. The minimum absolute atomic E-state index is 0.419. The topological polar surface area (TPSA) is 85.5 Å². The molecule has 0 bridgehead atoms. The van der Waals surface area contributed by atoms with E-state index in [9.17, 15) is 0 Å². The summed E-state index contributed by atoms with van der Waals surface area (Å²) in [7, 11) is 0. The smallest absolute Gasteiger partial charge is 0.0969 e. The molecule has 0 aliphatic rings. The Morgan fingerprint density at radius 1 is 0.714 bits per heavy atom. The van der Waals surface area contributed by atoms with Crippen LogP contribution in [0.2, 0.25) is 0 Å². The van der Waals surface area contributed by atoms with Crippen molar-refractivity contribution in [1.82, 2.24) is 40.6 Å². The first-order valence-corrected chi connectivity index (χ1v) is 9.91. The molecule has 2 heterocycles. The van der Waals surface area contributed by atoms with Gasteiger partial charge in [0.1, 0.15) is 0 Å². The van der Waals surface area contributed by atoms with Crippen LogP contribution >= 0.6 is 0 Å². The van der Waals surface area contributed by atoms with E-state index in [0.29, 0.717) is 25.2 Å². The normalized spacial score (nSPS) is 11.0. The summed E-state index contributed by atoms with van der Waals surface area (Å²) in [6.07, 6.45) is 3.88. The van der Waals surface area contributed by atoms with Gasteiger partial charge in [-0.25, -0.2) is 9.36 Å². The molecule has 1 aromatic carbocycles. The molecule has 0 unspecified atom stereocenters. The largest absolute Gasteiger partial charge is 0.309 e. The molecule has 2 N–H and O–H groups in total. The molecule has 152 valence electrons. The predicted molar refractivity (Wildman–Crippen MR) is 112 cm³/mol. The quantitative estimate of drug-likeness (QED) is 0.621. The van der Waals surface area contributed by atoms with Crippen LogP contribution in [0.15, 0.2) is 36.7 Å². The van der Waals surface area contributed by atoms with Crippen molar-refractivity contribution in [3.63, 3.8) is 0 Å². The molecule has 3 rings (SSSR count). The first-order chi connectivity index (χ1) is 13.5. The van der Waals surface area contributed by atoms with Gasteiger partial charge >= 0.3 is 0 Å². The lowest BCUT2D eigenvalue weighted by Gasteiger charge is -2.05. The van der Waals surface area contributed by atoms with Gasteiger partial charge in [0.25, 0.3) is 0 Å². The van der Waals surface area contributed by atoms with Crippen LogP contribution in [0.1, 0.15) is 52.9 Å². The third kappa shape index (κ3) is 6.24. The molecule has 8 heteroatoms. The average molecular weight is 385 g/mol. The second kappa shape index (κ2) is 10.7. The summed E-state index contributed by atoms with van der Waals surface area (Å²) in [5.74, 6) is 0. The van der Waals surface area contributed by atoms with E-state index < -0.39 is 0 Å². The van der Waals surface area contributed by atoms with Gasteiger partial charge in [-0.3, -0.25) is 0 Å². The van der Waals surface area contributed by atoms with Crippen LogP contribution in [0.4, 0.5) is 0 Å². The van der Waals surface area contributed by atoms with Crippen LogP contribution in [-0.4, -0.2) is 42.1 Å². The maximum absolute atomic E-state index is 4.20. The summed E-state index contributed by atoms with van der Waals surface area (Å²) in [4.78, 5) is 0. The number of nitrogens with one attached hydrogen (secondary N) is 2. The van der Waals surface area contributed by atoms with Crippen molar-refractivity contribution in [2.24, 2.45) is 0 Å². The summed E-state index contributed by atoms with van der Waals surface area (Å²) in [5.41, 5.74) is 3.75. The number of nitrogens with zero attached hydrogens (tertiary/aromatic N) is 6. The van der Waals surface area contributed by atoms with E-state index in [0.717, 1.165) is 22.8 Å². The Morgan fingerprint density at radius 2 is 1.07 bits per heavy atom. The summed E-state index contributed by atoms with van der Waals surface area (Å²) >= 11 is 0. The third-order valence-corrected chi connectivity index (χ3v) is 3.84. The van der Waals surface area contributed by atoms with Crippen molar-refractivity contribution < 1.29 is 0 Å². The van der Waals surface area contributed by atoms with Crippen molar-refractivity contribution in [1.29, 1.82) is 0 Å². The molecule has 28 heavy (non-hydrogen) atoms. The Hall–Kier alpha value is -2.58. The molecule has 0 aliphatic heterocycles. The SMILES string of the molecule is CC.CC(C)NCc1cn(-c2ccc(-n3cc(CNC(C)C)nn3)cc2)nn1. The van der Waals surface area contributed by atoms with Crippen LogP contribution in [-0.2, 0) is 13.1 Å². The first-order valence-electron chi connectivity index (χ1n) is 9.91. The highest BCUT2D eigenvalue weighted by Gasteiger charge is 2.06. The highest BCUT2D eigenvalue weighted by molar-refractivity contribution is 5.40. The van der Waals surface area contributed by atoms with Crippen LogP contribution in [0.25, 0.3) is 11.4 Å². The zero-order valence-electron chi connectivity index (χ0n) is 17.7. The molecule has 0 spiro atoms. The van der Waals surface area contributed by atoms with Crippen molar-refractivity contribution in [2.45, 2.75) is 66.7 Å². The lowest BCUT2D eigenvalue weighted by atomic mass is 10.3. The maximum Gasteiger partial charge on any atom is 0.0969 e. The molecule has 0 saturated carbocycles. The summed E-state index contributed by atoms with van der Waals surface area (Å²) in [6.45, 7) is 13.9. The fraction of sp³-hybridized carbons (Fsp3) is 0.500. The molecular weight excluding hydrogens is 352 g/mol. The first kappa shape index (κ1) is 21.7. The highest BCUT2D eigenvalue weighted by atomic mass is 15.4. The van der Waals surface area contributed by atoms with E-state index in [1.165, 1.54) is 0 Å². The Labute approximate surface area is 167 Å². The standard InChI is InChI=1S/C18H26N8.C2H6/c1-13(2)19-9-15-11-25(23-21-15)17-5-7-18(8-6-17)26-12-16(22-24-26)10-20-14(3)4;1-2/h5-8,11-14,19-20H,9-10H2,1-4H3;1-2H3. The van der Waals surface area contributed by atoms with Crippen molar-refractivity contribution in [3.05, 3.63) is 48.0 Å². The van der Waals surface area contributed by atoms with Crippen LogP contribution in [0.5, 0.6) is 0 Å². The number of aromatic nitrogens is 6. The molecular formula is C20H32N8. The van der Waals surface area contributed by atoms with Gasteiger partial charge in [-0.15, -0.1) is 10.2 Å². The second-order valence-electron chi connectivity index (χ2n) is 6.90. The van der Waals surface area contributed by atoms with E-state index in [-0.39, 0.29) is 0 Å². The molecule has 0 amide bonds. The summed E-state index contributed by atoms with van der Waals surface area (Å²) in [6, 6.07) is 8.83. The third-order valence-electron chi connectivity index (χ3n) is 3.84. The molecule has 3 aromatic rings. The van der Waals surface area contributed by atoms with Crippen LogP contribution < -0.4 is 10.6 Å². The summed E-state index contributed by atoms with van der Waals surface area (Å²) < 4.78 is 3.56. The van der Waals surface area contributed by atoms with Crippen LogP contribution in [0.3, 0.4) is 0 Å². The molecule has 8 nitrogen and oxygen atoms in total. The van der Waals surface area contributed by atoms with E-state index in [4.69, 9.17) is 0 Å². The van der Waals surface area contributed by atoms with Crippen molar-refractivity contribution in [3.8, 4) is 11.4 Å². The molecule has 0 atom stereocenters. The van der Waals surface area contributed by atoms with Crippen molar-refractivity contribution in [2.75, 3.05) is 0 Å². The number of rotatable bonds is 8. The van der Waals surface area contributed by atoms with Gasteiger partial charge in [0.2, 0.25) is 0 Å². The number of hydrogen-bond donors (Lipinski definition) is 2. The Bertz CT molecular complexity index is 748. The van der Waals surface area contributed by atoms with E-state index in [1.54, 1.807) is 9.36 Å².